The van der Waals surface area contributed by atoms with Crippen molar-refractivity contribution in [2.75, 3.05) is 13.1 Å². The Labute approximate surface area is 104 Å². The highest BCUT2D eigenvalue weighted by atomic mass is 16.3. The van der Waals surface area contributed by atoms with E-state index in [-0.39, 0.29) is 0 Å². The van der Waals surface area contributed by atoms with Crippen molar-refractivity contribution in [2.45, 2.75) is 44.8 Å². The number of rotatable bonds is 3. The van der Waals surface area contributed by atoms with Gasteiger partial charge in [-0.3, -0.25) is 4.90 Å². The summed E-state index contributed by atoms with van der Waals surface area (Å²) in [6, 6.07) is 10.6. The van der Waals surface area contributed by atoms with E-state index in [9.17, 15) is 5.11 Å². The molecule has 1 saturated heterocycles. The number of nitrogens with zero attached hydrogens (tertiary/aromatic N) is 1. The van der Waals surface area contributed by atoms with Gasteiger partial charge in [0, 0.05) is 12.6 Å². The summed E-state index contributed by atoms with van der Waals surface area (Å²) in [5.41, 5.74) is 0.269. The van der Waals surface area contributed by atoms with Crippen molar-refractivity contribution in [1.29, 1.82) is 0 Å². The summed E-state index contributed by atoms with van der Waals surface area (Å²) in [5, 5.41) is 10.6. The van der Waals surface area contributed by atoms with Gasteiger partial charge in [-0.15, -0.1) is 0 Å². The topological polar surface area (TPSA) is 23.5 Å². The molecule has 1 aliphatic rings. The summed E-state index contributed by atoms with van der Waals surface area (Å²) in [6.45, 7) is 6.03. The molecule has 0 spiro atoms. The van der Waals surface area contributed by atoms with Gasteiger partial charge in [-0.05, 0) is 38.8 Å². The van der Waals surface area contributed by atoms with Crippen LogP contribution in [-0.4, -0.2) is 29.1 Å². The summed E-state index contributed by atoms with van der Waals surface area (Å²) in [6.07, 6.45) is 3.84. The molecule has 0 bridgehead atoms. The molecule has 1 aliphatic heterocycles. The van der Waals surface area contributed by atoms with Gasteiger partial charge in [-0.2, -0.15) is 0 Å². The quantitative estimate of drug-likeness (QED) is 0.867. The minimum Gasteiger partial charge on any atom is -0.384 e. The second kappa shape index (κ2) is 5.19. The van der Waals surface area contributed by atoms with Gasteiger partial charge in [-0.25, -0.2) is 0 Å². The van der Waals surface area contributed by atoms with Crippen LogP contribution in [-0.2, 0) is 5.60 Å². The lowest BCUT2D eigenvalue weighted by atomic mass is 9.93. The van der Waals surface area contributed by atoms with Crippen LogP contribution in [0, 0.1) is 0 Å². The number of hydrogen-bond acceptors (Lipinski definition) is 2. The second-order valence-electron chi connectivity index (χ2n) is 5.46. The van der Waals surface area contributed by atoms with Crippen molar-refractivity contribution in [3.05, 3.63) is 35.9 Å². The van der Waals surface area contributed by atoms with E-state index in [1.807, 2.05) is 37.3 Å². The summed E-state index contributed by atoms with van der Waals surface area (Å²) in [4.78, 5) is 2.41. The van der Waals surface area contributed by atoms with Gasteiger partial charge in [0.15, 0.2) is 0 Å². The van der Waals surface area contributed by atoms with Crippen molar-refractivity contribution in [1.82, 2.24) is 4.90 Å². The molecule has 0 radical (unpaired) electrons. The average Bonchev–Trinajstić information content (AvgIpc) is 2.33. The molecule has 94 valence electrons. The molecule has 0 amide bonds. The second-order valence-corrected chi connectivity index (χ2v) is 5.46. The molecule has 1 N–H and O–H groups in total. The lowest BCUT2D eigenvalue weighted by Gasteiger charge is -2.38. The van der Waals surface area contributed by atoms with Gasteiger partial charge < -0.3 is 5.11 Å². The Morgan fingerprint density at radius 1 is 1.29 bits per heavy atom. The van der Waals surface area contributed by atoms with E-state index in [1.54, 1.807) is 0 Å². The first kappa shape index (κ1) is 12.6. The number of likely N-dealkylation sites (tertiary alicyclic amines) is 1. The largest absolute Gasteiger partial charge is 0.384 e. The Balaban J connectivity index is 2.06. The van der Waals surface area contributed by atoms with E-state index in [4.69, 9.17) is 0 Å². The minimum absolute atomic E-state index is 0.596. The predicted octanol–water partition coefficient (Wildman–Crippen LogP) is 2.77. The number of β-amino-alcohol motifs (C(OH)–C–C–N with tert-alkyl or cyclic N) is 1. The van der Waals surface area contributed by atoms with Crippen LogP contribution in [0.3, 0.4) is 0 Å². The maximum atomic E-state index is 10.6. The number of piperidine rings is 1. The van der Waals surface area contributed by atoms with Gasteiger partial charge in [0.1, 0.15) is 0 Å². The van der Waals surface area contributed by atoms with Gasteiger partial charge in [0.25, 0.3) is 0 Å². The molecule has 2 nitrogen and oxygen atoms in total. The normalized spacial score (nSPS) is 25.5. The molecule has 17 heavy (non-hydrogen) atoms. The molecule has 0 aromatic heterocycles. The fourth-order valence-corrected chi connectivity index (χ4v) is 2.68. The van der Waals surface area contributed by atoms with Crippen molar-refractivity contribution in [2.24, 2.45) is 0 Å². The van der Waals surface area contributed by atoms with E-state index in [2.05, 4.69) is 11.8 Å². The molecule has 0 saturated carbocycles. The molecule has 2 atom stereocenters. The first-order valence-corrected chi connectivity index (χ1v) is 6.61. The maximum Gasteiger partial charge on any atom is 0.0994 e. The average molecular weight is 233 g/mol. The van der Waals surface area contributed by atoms with E-state index < -0.39 is 5.60 Å². The maximum absolute atomic E-state index is 10.6. The molecule has 1 aromatic rings. The summed E-state index contributed by atoms with van der Waals surface area (Å²) in [5.74, 6) is 0. The first-order chi connectivity index (χ1) is 8.09. The van der Waals surface area contributed by atoms with Crippen LogP contribution < -0.4 is 0 Å². The van der Waals surface area contributed by atoms with Gasteiger partial charge in [-0.1, -0.05) is 36.8 Å². The highest BCUT2D eigenvalue weighted by molar-refractivity contribution is 5.21. The Morgan fingerprint density at radius 3 is 2.65 bits per heavy atom. The van der Waals surface area contributed by atoms with Gasteiger partial charge >= 0.3 is 0 Å². The van der Waals surface area contributed by atoms with Gasteiger partial charge in [0.05, 0.1) is 5.60 Å². The van der Waals surface area contributed by atoms with Crippen LogP contribution in [0.15, 0.2) is 30.3 Å². The summed E-state index contributed by atoms with van der Waals surface area (Å²) in [7, 11) is 0. The first-order valence-electron chi connectivity index (χ1n) is 6.61. The number of aliphatic hydroxyl groups is 1. The fraction of sp³-hybridized carbons (Fsp3) is 0.600. The third-order valence-corrected chi connectivity index (χ3v) is 3.85. The molecule has 1 aromatic carbocycles. The van der Waals surface area contributed by atoms with Gasteiger partial charge in [0.2, 0.25) is 0 Å². The SMILES string of the molecule is CC1CCCCN1CC(C)(O)c1ccccc1. The van der Waals surface area contributed by atoms with Crippen LogP contribution in [0.4, 0.5) is 0 Å². The minimum atomic E-state index is -0.743. The Kier molecular flexibility index (Phi) is 3.85. The van der Waals surface area contributed by atoms with Crippen molar-refractivity contribution < 1.29 is 5.11 Å². The zero-order valence-corrected chi connectivity index (χ0v) is 10.9. The van der Waals surface area contributed by atoms with Crippen molar-refractivity contribution in [3.8, 4) is 0 Å². The molecular formula is C15H23NO. The van der Waals surface area contributed by atoms with Crippen LogP contribution in [0.1, 0.15) is 38.7 Å². The third kappa shape index (κ3) is 3.08. The van der Waals surface area contributed by atoms with Crippen LogP contribution in [0.5, 0.6) is 0 Å². The zero-order chi connectivity index (χ0) is 12.3. The smallest absolute Gasteiger partial charge is 0.0994 e. The number of hydrogen-bond donors (Lipinski definition) is 1. The summed E-state index contributed by atoms with van der Waals surface area (Å²) < 4.78 is 0. The third-order valence-electron chi connectivity index (χ3n) is 3.85. The molecule has 1 heterocycles. The predicted molar refractivity (Wildman–Crippen MR) is 70.9 cm³/mol. The highest BCUT2D eigenvalue weighted by Crippen LogP contribution is 2.25. The van der Waals surface area contributed by atoms with E-state index in [0.717, 1.165) is 18.7 Å². The Morgan fingerprint density at radius 2 is 2.00 bits per heavy atom. The zero-order valence-electron chi connectivity index (χ0n) is 10.9. The van der Waals surface area contributed by atoms with E-state index in [0.29, 0.717) is 6.04 Å². The van der Waals surface area contributed by atoms with Crippen LogP contribution in [0.2, 0.25) is 0 Å². The molecule has 2 unspecified atom stereocenters. The van der Waals surface area contributed by atoms with Crippen LogP contribution >= 0.6 is 0 Å². The molecule has 2 heteroatoms. The summed E-state index contributed by atoms with van der Waals surface area (Å²) >= 11 is 0. The molecular weight excluding hydrogens is 210 g/mol. The van der Waals surface area contributed by atoms with E-state index in [1.165, 1.54) is 19.3 Å². The molecule has 1 fully saturated rings. The lowest BCUT2D eigenvalue weighted by molar-refractivity contribution is -0.00422. The molecule has 0 aliphatic carbocycles. The number of benzene rings is 1. The highest BCUT2D eigenvalue weighted by Gasteiger charge is 2.29. The van der Waals surface area contributed by atoms with Crippen molar-refractivity contribution in [3.63, 3.8) is 0 Å². The fourth-order valence-electron chi connectivity index (χ4n) is 2.68. The standard InChI is InChI=1S/C15H23NO/c1-13-8-6-7-11-16(13)12-15(2,17)14-9-4-3-5-10-14/h3-5,9-10,13,17H,6-8,11-12H2,1-2H3. The van der Waals surface area contributed by atoms with Crippen LogP contribution in [0.25, 0.3) is 0 Å². The lowest BCUT2D eigenvalue weighted by Crippen LogP contribution is -2.45. The Bertz CT molecular complexity index is 347. The molecule has 2 rings (SSSR count). The van der Waals surface area contributed by atoms with E-state index >= 15 is 0 Å². The Hall–Kier alpha value is -0.860. The van der Waals surface area contributed by atoms with Crippen molar-refractivity contribution >= 4 is 0 Å². The monoisotopic (exact) mass is 233 g/mol.